The highest BCUT2D eigenvalue weighted by molar-refractivity contribution is 5.55. The average molecular weight is 276 g/mol. The molecule has 1 aliphatic carbocycles. The van der Waals surface area contributed by atoms with Crippen LogP contribution in [0.5, 0.6) is 0 Å². The zero-order valence-electron chi connectivity index (χ0n) is 12.4. The van der Waals surface area contributed by atoms with Crippen molar-refractivity contribution < 1.29 is 0 Å². The van der Waals surface area contributed by atoms with Crippen molar-refractivity contribution in [1.82, 2.24) is 0 Å². The number of fused-ring (bicyclic) bond motifs is 1. The Morgan fingerprint density at radius 2 is 2.10 bits per heavy atom. The van der Waals surface area contributed by atoms with E-state index in [0.29, 0.717) is 11.5 Å². The summed E-state index contributed by atoms with van der Waals surface area (Å²) >= 11 is 0. The van der Waals surface area contributed by atoms with Gasteiger partial charge in [0, 0.05) is 18.2 Å². The molecule has 1 N–H and O–H groups in total. The van der Waals surface area contributed by atoms with Gasteiger partial charge in [0.25, 0.3) is 0 Å². The number of aryl methyl sites for hydroxylation is 2. The second kappa shape index (κ2) is 6.01. The van der Waals surface area contributed by atoms with Gasteiger partial charge < -0.3 is 5.32 Å². The average Bonchev–Trinajstić information content (AvgIpc) is 2.54. The molecule has 0 fully saturated rings. The van der Waals surface area contributed by atoms with Crippen molar-refractivity contribution in [3.63, 3.8) is 0 Å². The number of hydrogen-bond donors (Lipinski definition) is 1. The van der Waals surface area contributed by atoms with Gasteiger partial charge in [-0.25, -0.2) is 0 Å². The number of anilines is 1. The predicted molar refractivity (Wildman–Crippen MR) is 86.5 cm³/mol. The molecule has 1 atom stereocenters. The van der Waals surface area contributed by atoms with Crippen molar-refractivity contribution in [1.29, 1.82) is 5.26 Å². The molecule has 3 rings (SSSR count). The largest absolute Gasteiger partial charge is 0.384 e. The summed E-state index contributed by atoms with van der Waals surface area (Å²) in [6.07, 6.45) is 3.71. The van der Waals surface area contributed by atoms with Crippen molar-refractivity contribution >= 4 is 5.69 Å². The fraction of sp³-hybridized carbons (Fsp3) is 0.316. The maximum absolute atomic E-state index is 9.02. The van der Waals surface area contributed by atoms with Crippen LogP contribution in [0.4, 0.5) is 5.69 Å². The number of nitriles is 1. The minimum absolute atomic E-state index is 0.570. The van der Waals surface area contributed by atoms with E-state index in [-0.39, 0.29) is 0 Å². The van der Waals surface area contributed by atoms with Crippen LogP contribution in [-0.4, -0.2) is 6.54 Å². The maximum Gasteiger partial charge on any atom is 0.0992 e. The predicted octanol–water partition coefficient (Wildman–Crippen LogP) is 4.40. The molecule has 0 radical (unpaired) electrons. The fourth-order valence-corrected chi connectivity index (χ4v) is 3.18. The van der Waals surface area contributed by atoms with E-state index >= 15 is 0 Å². The molecule has 1 aliphatic rings. The Morgan fingerprint density at radius 3 is 2.95 bits per heavy atom. The summed E-state index contributed by atoms with van der Waals surface area (Å²) < 4.78 is 0. The van der Waals surface area contributed by atoms with Crippen molar-refractivity contribution in [2.45, 2.75) is 32.1 Å². The lowest BCUT2D eigenvalue weighted by Gasteiger charge is -2.26. The van der Waals surface area contributed by atoms with Crippen molar-refractivity contribution in [2.24, 2.45) is 0 Å². The van der Waals surface area contributed by atoms with Gasteiger partial charge in [-0.3, -0.25) is 0 Å². The molecule has 0 saturated carbocycles. The third kappa shape index (κ3) is 2.92. The molecule has 2 aromatic rings. The van der Waals surface area contributed by atoms with Gasteiger partial charge in [0.2, 0.25) is 0 Å². The third-order valence-electron chi connectivity index (χ3n) is 4.40. The molecule has 0 aromatic heterocycles. The fourth-order valence-electron chi connectivity index (χ4n) is 3.18. The molecule has 0 bridgehead atoms. The normalized spacial score (nSPS) is 16.9. The minimum Gasteiger partial charge on any atom is -0.384 e. The van der Waals surface area contributed by atoms with Crippen LogP contribution in [0.25, 0.3) is 0 Å². The van der Waals surface area contributed by atoms with E-state index in [4.69, 9.17) is 5.26 Å². The topological polar surface area (TPSA) is 35.8 Å². The first kappa shape index (κ1) is 13.7. The van der Waals surface area contributed by atoms with Gasteiger partial charge in [0.1, 0.15) is 0 Å². The Morgan fingerprint density at radius 1 is 1.24 bits per heavy atom. The van der Waals surface area contributed by atoms with Gasteiger partial charge in [-0.15, -0.1) is 0 Å². The first-order valence-electron chi connectivity index (χ1n) is 7.60. The summed E-state index contributed by atoms with van der Waals surface area (Å²) in [6.45, 7) is 3.02. The molecule has 106 valence electrons. The molecule has 2 nitrogen and oxygen atoms in total. The Balaban J connectivity index is 1.76. The van der Waals surface area contributed by atoms with Crippen LogP contribution >= 0.6 is 0 Å². The molecular weight excluding hydrogens is 256 g/mol. The van der Waals surface area contributed by atoms with Crippen LogP contribution in [0.2, 0.25) is 0 Å². The zero-order valence-corrected chi connectivity index (χ0v) is 12.4. The van der Waals surface area contributed by atoms with Crippen LogP contribution in [-0.2, 0) is 6.42 Å². The van der Waals surface area contributed by atoms with Crippen LogP contribution in [0.15, 0.2) is 42.5 Å². The maximum atomic E-state index is 9.02. The molecule has 21 heavy (non-hydrogen) atoms. The van der Waals surface area contributed by atoms with E-state index in [1.807, 2.05) is 18.2 Å². The molecule has 2 aromatic carbocycles. The quantitative estimate of drug-likeness (QED) is 0.902. The molecule has 0 heterocycles. The first-order valence-corrected chi connectivity index (χ1v) is 7.60. The summed E-state index contributed by atoms with van der Waals surface area (Å²) in [5.41, 5.74) is 5.98. The standard InChI is InChI=1S/C19H20N2/c1-14-9-10-15(12-20)11-19(14)21-13-17-7-4-6-16-5-2-3-8-18(16)17/h2-3,5,8-11,17,21H,4,6-7,13H2,1H3. The van der Waals surface area contributed by atoms with E-state index in [2.05, 4.69) is 42.6 Å². The number of nitrogens with zero attached hydrogens (tertiary/aromatic N) is 1. The highest BCUT2D eigenvalue weighted by atomic mass is 14.9. The molecule has 2 heteroatoms. The van der Waals surface area contributed by atoms with Gasteiger partial charge in [-0.1, -0.05) is 30.3 Å². The van der Waals surface area contributed by atoms with Gasteiger partial charge in [0.15, 0.2) is 0 Å². The monoisotopic (exact) mass is 276 g/mol. The van der Waals surface area contributed by atoms with Crippen LogP contribution < -0.4 is 5.32 Å². The second-order valence-corrected chi connectivity index (χ2v) is 5.81. The van der Waals surface area contributed by atoms with Crippen molar-refractivity contribution in [3.8, 4) is 6.07 Å². The summed E-state index contributed by atoms with van der Waals surface area (Å²) in [7, 11) is 0. The summed E-state index contributed by atoms with van der Waals surface area (Å²) in [6, 6.07) is 16.8. The van der Waals surface area contributed by atoms with Crippen LogP contribution in [0.3, 0.4) is 0 Å². The number of benzene rings is 2. The summed E-state index contributed by atoms with van der Waals surface area (Å²) in [5.74, 6) is 0.570. The Kier molecular flexibility index (Phi) is 3.92. The van der Waals surface area contributed by atoms with Crippen LogP contribution in [0.1, 0.15) is 41.0 Å². The van der Waals surface area contributed by atoms with E-state index in [1.54, 1.807) is 0 Å². The van der Waals surface area contributed by atoms with Gasteiger partial charge in [-0.05, 0) is 55.0 Å². The lowest BCUT2D eigenvalue weighted by atomic mass is 9.83. The molecule has 0 amide bonds. The highest BCUT2D eigenvalue weighted by Crippen LogP contribution is 2.31. The molecule has 1 unspecified atom stereocenters. The first-order chi connectivity index (χ1) is 10.3. The number of rotatable bonds is 3. The Hall–Kier alpha value is -2.27. The molecular formula is C19H20N2. The lowest BCUT2D eigenvalue weighted by Crippen LogP contribution is -2.18. The van der Waals surface area contributed by atoms with Crippen LogP contribution in [0, 0.1) is 18.3 Å². The van der Waals surface area contributed by atoms with Crippen molar-refractivity contribution in [3.05, 3.63) is 64.7 Å². The van der Waals surface area contributed by atoms with E-state index < -0.39 is 0 Å². The Labute approximate surface area is 126 Å². The summed E-state index contributed by atoms with van der Waals surface area (Å²) in [5, 5.41) is 12.6. The molecule has 0 saturated heterocycles. The van der Waals surface area contributed by atoms with Crippen molar-refractivity contribution in [2.75, 3.05) is 11.9 Å². The minimum atomic E-state index is 0.570. The molecule has 0 spiro atoms. The van der Waals surface area contributed by atoms with E-state index in [9.17, 15) is 0 Å². The smallest absolute Gasteiger partial charge is 0.0992 e. The van der Waals surface area contributed by atoms with Gasteiger partial charge >= 0.3 is 0 Å². The van der Waals surface area contributed by atoms with E-state index in [0.717, 1.165) is 12.2 Å². The number of nitrogens with one attached hydrogen (secondary N) is 1. The number of hydrogen-bond acceptors (Lipinski definition) is 2. The van der Waals surface area contributed by atoms with Gasteiger partial charge in [0.05, 0.1) is 11.6 Å². The zero-order chi connectivity index (χ0) is 14.7. The highest BCUT2D eigenvalue weighted by Gasteiger charge is 2.19. The Bertz CT molecular complexity index is 682. The van der Waals surface area contributed by atoms with Gasteiger partial charge in [-0.2, -0.15) is 5.26 Å². The summed E-state index contributed by atoms with van der Waals surface area (Å²) in [4.78, 5) is 0. The third-order valence-corrected chi connectivity index (χ3v) is 4.40. The lowest BCUT2D eigenvalue weighted by molar-refractivity contribution is 0.571. The molecule has 0 aliphatic heterocycles. The second-order valence-electron chi connectivity index (χ2n) is 5.81. The SMILES string of the molecule is Cc1ccc(C#N)cc1NCC1CCCc2ccccc21. The van der Waals surface area contributed by atoms with E-state index in [1.165, 1.54) is 36.0 Å².